The first kappa shape index (κ1) is 14.4. The van der Waals surface area contributed by atoms with Crippen LogP contribution in [0.2, 0.25) is 0 Å². The zero-order chi connectivity index (χ0) is 8.95. The van der Waals surface area contributed by atoms with Crippen LogP contribution in [0.15, 0.2) is 0 Å². The van der Waals surface area contributed by atoms with E-state index in [1.165, 1.54) is 0 Å². The fourth-order valence-electron chi connectivity index (χ4n) is 0.387. The van der Waals surface area contributed by atoms with Gasteiger partial charge in [0.25, 0.3) is 0 Å². The zero-order valence-corrected chi connectivity index (χ0v) is 9.32. The van der Waals surface area contributed by atoms with Gasteiger partial charge in [-0.05, 0) is 0 Å². The summed E-state index contributed by atoms with van der Waals surface area (Å²) in [5.74, 6) is 0. The van der Waals surface area contributed by atoms with Crippen LogP contribution < -0.4 is 0 Å². The van der Waals surface area contributed by atoms with Crippen molar-refractivity contribution in [3.63, 3.8) is 0 Å². The van der Waals surface area contributed by atoms with Gasteiger partial charge < -0.3 is 14.2 Å². The summed E-state index contributed by atoms with van der Waals surface area (Å²) in [4.78, 5) is 0. The molecular weight excluding hydrogens is 259 g/mol. The number of hydrogen-bond acceptors (Lipinski definition) is 3. The summed E-state index contributed by atoms with van der Waals surface area (Å²) in [5.41, 5.74) is 0. The van der Waals surface area contributed by atoms with Crippen LogP contribution in [0.5, 0.6) is 0 Å². The predicted molar refractivity (Wildman–Crippen MR) is 43.5 cm³/mol. The molecular formula is C6H14BrNiO3. The summed E-state index contributed by atoms with van der Waals surface area (Å²) in [6, 6.07) is 0. The fourth-order valence-corrected chi connectivity index (χ4v) is 0.387. The molecule has 0 N–H and O–H groups in total. The molecule has 3 nitrogen and oxygen atoms in total. The maximum atomic E-state index is 5.06. The third-order valence-electron chi connectivity index (χ3n) is 0.864. The van der Waals surface area contributed by atoms with Crippen LogP contribution in [-0.2, 0) is 27.9 Å². The molecule has 0 amide bonds. The van der Waals surface area contributed by atoms with Gasteiger partial charge in [0.15, 0.2) is 0 Å². The summed E-state index contributed by atoms with van der Waals surface area (Å²) >= 11 is 6.25. The van der Waals surface area contributed by atoms with E-state index in [2.05, 4.69) is 27.9 Å². The summed E-state index contributed by atoms with van der Waals surface area (Å²) in [6.07, 6.45) is 0. The van der Waals surface area contributed by atoms with E-state index in [4.69, 9.17) is 14.2 Å². The average Bonchev–Trinajstić information content (AvgIpc) is 2.08. The third kappa shape index (κ3) is 18.1. The van der Waals surface area contributed by atoms with Crippen LogP contribution in [0.4, 0.5) is 0 Å². The summed E-state index contributed by atoms with van der Waals surface area (Å²) in [5, 5.41) is 0. The minimum atomic E-state index is 0.653. The Balaban J connectivity index is 0. The second-order valence-corrected chi connectivity index (χ2v) is 1.60. The van der Waals surface area contributed by atoms with Gasteiger partial charge in [0.2, 0.25) is 0 Å². The molecule has 0 radical (unpaired) electrons. The second-order valence-electron chi connectivity index (χ2n) is 1.60. The minimum absolute atomic E-state index is 0.653. The molecule has 73 valence electrons. The Morgan fingerprint density at radius 3 is 1.55 bits per heavy atom. The van der Waals surface area contributed by atoms with Crippen LogP contribution in [0, 0.1) is 0 Å². The van der Waals surface area contributed by atoms with E-state index in [1.54, 1.807) is 14.2 Å². The van der Waals surface area contributed by atoms with Gasteiger partial charge in [-0.2, -0.15) is 0 Å². The molecule has 0 aromatic rings. The van der Waals surface area contributed by atoms with E-state index >= 15 is 0 Å². The fraction of sp³-hybridized carbons (Fsp3) is 1.00. The van der Waals surface area contributed by atoms with Crippen LogP contribution >= 0.6 is 14.2 Å². The van der Waals surface area contributed by atoms with Crippen LogP contribution in [0.3, 0.4) is 0 Å². The monoisotopic (exact) mass is 271 g/mol. The predicted octanol–water partition coefficient (Wildman–Crippen LogP) is 1.14. The molecule has 0 saturated carbocycles. The molecule has 0 aliphatic rings. The van der Waals surface area contributed by atoms with Crippen molar-refractivity contribution in [1.29, 1.82) is 0 Å². The Hall–Kier alpha value is 0.854. The van der Waals surface area contributed by atoms with Gasteiger partial charge in [0.1, 0.15) is 0 Å². The average molecular weight is 273 g/mol. The van der Waals surface area contributed by atoms with Gasteiger partial charge in [-0.3, -0.25) is 0 Å². The normalized spacial score (nSPS) is 8.82. The molecule has 0 rings (SSSR count). The molecule has 0 aromatic carbocycles. The van der Waals surface area contributed by atoms with Crippen molar-refractivity contribution >= 4 is 14.2 Å². The van der Waals surface area contributed by atoms with Crippen molar-refractivity contribution in [2.24, 2.45) is 0 Å². The molecule has 0 fully saturated rings. The van der Waals surface area contributed by atoms with Gasteiger partial charge in [-0.15, -0.1) is 0 Å². The van der Waals surface area contributed by atoms with Crippen LogP contribution in [-0.4, -0.2) is 40.6 Å². The molecule has 0 bridgehead atoms. The van der Waals surface area contributed by atoms with Gasteiger partial charge in [0, 0.05) is 14.2 Å². The van der Waals surface area contributed by atoms with Crippen molar-refractivity contribution in [3.05, 3.63) is 0 Å². The zero-order valence-electron chi connectivity index (χ0n) is 6.75. The number of halogens is 1. The van der Waals surface area contributed by atoms with Crippen LogP contribution in [0.1, 0.15) is 0 Å². The van der Waals surface area contributed by atoms with Crippen molar-refractivity contribution in [2.75, 3.05) is 40.6 Å². The van der Waals surface area contributed by atoms with E-state index in [0.29, 0.717) is 26.4 Å². The molecule has 5 heteroatoms. The number of ether oxygens (including phenoxy) is 3. The van der Waals surface area contributed by atoms with E-state index in [1.807, 2.05) is 0 Å². The summed E-state index contributed by atoms with van der Waals surface area (Å²) in [7, 11) is 3.30. The Morgan fingerprint density at radius 1 is 0.909 bits per heavy atom. The summed E-state index contributed by atoms with van der Waals surface area (Å²) < 4.78 is 14.6. The Kier molecular flexibility index (Phi) is 22.3. The van der Waals surface area contributed by atoms with E-state index in [9.17, 15) is 0 Å². The third-order valence-corrected chi connectivity index (χ3v) is 0.864. The van der Waals surface area contributed by atoms with Gasteiger partial charge in [0.05, 0.1) is 26.4 Å². The first-order valence-corrected chi connectivity index (χ1v) is 5.53. The quantitative estimate of drug-likeness (QED) is 0.536. The van der Waals surface area contributed by atoms with Gasteiger partial charge in [-0.25, -0.2) is 0 Å². The molecule has 0 spiro atoms. The van der Waals surface area contributed by atoms with E-state index < -0.39 is 0 Å². The molecule has 11 heavy (non-hydrogen) atoms. The van der Waals surface area contributed by atoms with Crippen molar-refractivity contribution in [2.45, 2.75) is 0 Å². The van der Waals surface area contributed by atoms with Crippen LogP contribution in [0.25, 0.3) is 0 Å². The van der Waals surface area contributed by atoms with Crippen molar-refractivity contribution in [3.8, 4) is 0 Å². The van der Waals surface area contributed by atoms with Gasteiger partial charge in [-0.1, -0.05) is 0 Å². The molecule has 0 unspecified atom stereocenters. The SMILES string of the molecule is COCCOCCOC.[Ni][Br]. The Labute approximate surface area is 82.9 Å². The first-order chi connectivity index (χ1) is 5.41. The first-order valence-electron chi connectivity index (χ1n) is 3.09. The number of rotatable bonds is 6. The Morgan fingerprint density at radius 2 is 1.27 bits per heavy atom. The van der Waals surface area contributed by atoms with E-state index in [-0.39, 0.29) is 0 Å². The van der Waals surface area contributed by atoms with Crippen molar-refractivity contribution < 1.29 is 27.9 Å². The molecule has 0 aliphatic heterocycles. The number of methoxy groups -OCH3 is 2. The van der Waals surface area contributed by atoms with Gasteiger partial charge >= 0.3 is 27.9 Å². The molecule has 0 aliphatic carbocycles. The topological polar surface area (TPSA) is 27.7 Å². The second kappa shape index (κ2) is 17.1. The summed E-state index contributed by atoms with van der Waals surface area (Å²) in [6.45, 7) is 2.62. The molecule has 0 aromatic heterocycles. The van der Waals surface area contributed by atoms with Crippen molar-refractivity contribution in [1.82, 2.24) is 0 Å². The standard InChI is InChI=1S/C6H14O3.BrH.Ni/c1-7-3-5-9-6-4-8-2;;/h3-6H2,1-2H3;1H;/q;;+1/p-1. The maximum absolute atomic E-state index is 5.06. The molecule has 0 saturated heterocycles. The van der Waals surface area contributed by atoms with E-state index in [0.717, 1.165) is 0 Å². The Bertz CT molecular complexity index is 51.1. The molecule has 0 atom stereocenters. The molecule has 0 heterocycles. The number of hydrogen-bond donors (Lipinski definition) is 0.